The molecule has 2 aromatic rings. The van der Waals surface area contributed by atoms with Gasteiger partial charge < -0.3 is 20.3 Å². The van der Waals surface area contributed by atoms with Crippen molar-refractivity contribution in [3.8, 4) is 5.75 Å². The molecule has 0 aliphatic carbocycles. The molecule has 2 N–H and O–H groups in total. The van der Waals surface area contributed by atoms with Gasteiger partial charge in [0.1, 0.15) is 11.6 Å². The molecular formula is C18H18FN3O3. The van der Waals surface area contributed by atoms with Crippen LogP contribution in [0.3, 0.4) is 0 Å². The van der Waals surface area contributed by atoms with Crippen LogP contribution in [-0.4, -0.2) is 31.6 Å². The number of halogens is 1. The van der Waals surface area contributed by atoms with Gasteiger partial charge in [-0.1, -0.05) is 6.07 Å². The second kappa shape index (κ2) is 7.21. The molecule has 1 aliphatic heterocycles. The minimum Gasteiger partial charge on any atom is -0.497 e. The van der Waals surface area contributed by atoms with Gasteiger partial charge >= 0.3 is 6.03 Å². The molecule has 0 saturated carbocycles. The molecule has 1 fully saturated rings. The van der Waals surface area contributed by atoms with Crippen molar-refractivity contribution in [3.63, 3.8) is 0 Å². The highest BCUT2D eigenvalue weighted by atomic mass is 19.1. The van der Waals surface area contributed by atoms with Gasteiger partial charge in [-0.05, 0) is 36.4 Å². The predicted octanol–water partition coefficient (Wildman–Crippen LogP) is 2.76. The van der Waals surface area contributed by atoms with Gasteiger partial charge in [-0.2, -0.15) is 0 Å². The number of urea groups is 1. The lowest BCUT2D eigenvalue weighted by Gasteiger charge is -2.18. The zero-order valence-corrected chi connectivity index (χ0v) is 13.7. The van der Waals surface area contributed by atoms with Crippen LogP contribution in [0.2, 0.25) is 0 Å². The summed E-state index contributed by atoms with van der Waals surface area (Å²) in [5, 5.41) is 5.38. The molecule has 1 atom stereocenters. The molecular weight excluding hydrogens is 325 g/mol. The van der Waals surface area contributed by atoms with E-state index in [-0.39, 0.29) is 24.2 Å². The molecule has 1 aliphatic rings. The van der Waals surface area contributed by atoms with Crippen LogP contribution in [0.5, 0.6) is 5.75 Å². The molecule has 1 saturated heterocycles. The molecule has 2 aromatic carbocycles. The second-order valence-corrected chi connectivity index (χ2v) is 5.71. The number of carbonyl (C=O) groups excluding carboxylic acids is 2. The third-order valence-electron chi connectivity index (χ3n) is 3.93. The number of carbonyl (C=O) groups is 2. The van der Waals surface area contributed by atoms with Crippen LogP contribution in [-0.2, 0) is 4.79 Å². The number of benzene rings is 2. The van der Waals surface area contributed by atoms with E-state index in [9.17, 15) is 14.0 Å². The average Bonchev–Trinajstić information content (AvgIpc) is 2.97. The van der Waals surface area contributed by atoms with E-state index in [0.717, 1.165) is 5.69 Å². The minimum atomic E-state index is -0.433. The van der Waals surface area contributed by atoms with E-state index in [2.05, 4.69) is 10.6 Å². The van der Waals surface area contributed by atoms with E-state index in [4.69, 9.17) is 4.74 Å². The number of nitrogens with zero attached hydrogens (tertiary/aromatic N) is 1. The summed E-state index contributed by atoms with van der Waals surface area (Å²) in [7, 11) is 1.56. The molecule has 3 amide bonds. The molecule has 25 heavy (non-hydrogen) atoms. The largest absolute Gasteiger partial charge is 0.497 e. The van der Waals surface area contributed by atoms with Crippen LogP contribution in [0.25, 0.3) is 0 Å². The van der Waals surface area contributed by atoms with Crippen molar-refractivity contribution >= 4 is 23.3 Å². The van der Waals surface area contributed by atoms with Gasteiger partial charge in [0, 0.05) is 30.4 Å². The highest BCUT2D eigenvalue weighted by Gasteiger charge is 2.31. The molecule has 0 bridgehead atoms. The Morgan fingerprint density at radius 2 is 2.00 bits per heavy atom. The molecule has 1 heterocycles. The average molecular weight is 343 g/mol. The highest BCUT2D eigenvalue weighted by Crippen LogP contribution is 2.25. The lowest BCUT2D eigenvalue weighted by molar-refractivity contribution is -0.117. The SMILES string of the molecule is COc1cccc(N2CC(NC(=O)Nc3ccc(F)cc3)CC2=O)c1. The molecule has 130 valence electrons. The van der Waals surface area contributed by atoms with Crippen molar-refractivity contribution in [2.24, 2.45) is 0 Å². The van der Waals surface area contributed by atoms with Crippen LogP contribution < -0.4 is 20.3 Å². The molecule has 0 spiro atoms. The molecule has 7 heteroatoms. The Balaban J connectivity index is 1.60. The highest BCUT2D eigenvalue weighted by molar-refractivity contribution is 5.97. The van der Waals surface area contributed by atoms with Crippen molar-refractivity contribution in [1.82, 2.24) is 5.32 Å². The number of nitrogens with one attached hydrogen (secondary N) is 2. The van der Waals surface area contributed by atoms with Crippen molar-refractivity contribution in [3.05, 3.63) is 54.3 Å². The van der Waals surface area contributed by atoms with Crippen LogP contribution in [0.1, 0.15) is 6.42 Å². The van der Waals surface area contributed by atoms with Gasteiger partial charge in [0.25, 0.3) is 0 Å². The first-order valence-electron chi connectivity index (χ1n) is 7.82. The number of hydrogen-bond acceptors (Lipinski definition) is 3. The maximum atomic E-state index is 12.9. The summed E-state index contributed by atoms with van der Waals surface area (Å²) in [6, 6.07) is 11.9. The first kappa shape index (κ1) is 16.8. The van der Waals surface area contributed by atoms with Crippen LogP contribution in [0.4, 0.5) is 20.6 Å². The lowest BCUT2D eigenvalue weighted by atomic mass is 10.2. The van der Waals surface area contributed by atoms with Gasteiger partial charge in [0.15, 0.2) is 0 Å². The molecule has 3 rings (SSSR count). The van der Waals surface area contributed by atoms with E-state index in [0.29, 0.717) is 18.0 Å². The summed E-state index contributed by atoms with van der Waals surface area (Å²) in [4.78, 5) is 25.9. The summed E-state index contributed by atoms with van der Waals surface area (Å²) >= 11 is 0. The van der Waals surface area contributed by atoms with E-state index < -0.39 is 6.03 Å². The number of anilines is 2. The fraction of sp³-hybridized carbons (Fsp3) is 0.222. The zero-order valence-electron chi connectivity index (χ0n) is 13.7. The molecule has 0 aromatic heterocycles. The Hall–Kier alpha value is -3.09. The van der Waals surface area contributed by atoms with Crippen molar-refractivity contribution < 1.29 is 18.7 Å². The van der Waals surface area contributed by atoms with Gasteiger partial charge in [-0.15, -0.1) is 0 Å². The third kappa shape index (κ3) is 4.06. The second-order valence-electron chi connectivity index (χ2n) is 5.71. The number of amides is 3. The third-order valence-corrected chi connectivity index (χ3v) is 3.93. The number of methoxy groups -OCH3 is 1. The number of rotatable bonds is 4. The maximum absolute atomic E-state index is 12.9. The summed E-state index contributed by atoms with van der Waals surface area (Å²) in [6.45, 7) is 0.378. The summed E-state index contributed by atoms with van der Waals surface area (Å²) in [5.41, 5.74) is 1.21. The fourth-order valence-electron chi connectivity index (χ4n) is 2.72. The Morgan fingerprint density at radius 3 is 2.72 bits per heavy atom. The predicted molar refractivity (Wildman–Crippen MR) is 92.3 cm³/mol. The fourth-order valence-corrected chi connectivity index (χ4v) is 2.72. The monoisotopic (exact) mass is 343 g/mol. The lowest BCUT2D eigenvalue weighted by Crippen LogP contribution is -2.39. The van der Waals surface area contributed by atoms with Crippen molar-refractivity contribution in [1.29, 1.82) is 0 Å². The Labute approximate surface area is 144 Å². The van der Waals surface area contributed by atoms with E-state index >= 15 is 0 Å². The van der Waals surface area contributed by atoms with Crippen molar-refractivity contribution in [2.75, 3.05) is 23.9 Å². The molecule has 1 unspecified atom stereocenters. The molecule has 0 radical (unpaired) electrons. The quantitative estimate of drug-likeness (QED) is 0.897. The Bertz CT molecular complexity index is 779. The summed E-state index contributed by atoms with van der Waals surface area (Å²) in [5.74, 6) is 0.220. The van der Waals surface area contributed by atoms with Crippen molar-refractivity contribution in [2.45, 2.75) is 12.5 Å². The number of ether oxygens (including phenoxy) is 1. The first-order chi connectivity index (χ1) is 12.0. The summed E-state index contributed by atoms with van der Waals surface area (Å²) in [6.07, 6.45) is 0.216. The van der Waals surface area contributed by atoms with E-state index in [1.54, 1.807) is 24.1 Å². The minimum absolute atomic E-state index is 0.0691. The zero-order chi connectivity index (χ0) is 17.8. The first-order valence-corrected chi connectivity index (χ1v) is 7.82. The van der Waals surface area contributed by atoms with E-state index in [1.807, 2.05) is 12.1 Å². The van der Waals surface area contributed by atoms with Gasteiger partial charge in [-0.3, -0.25) is 4.79 Å². The standard InChI is InChI=1S/C18H18FN3O3/c1-25-16-4-2-3-15(10-16)22-11-14(9-17(22)23)21-18(24)20-13-7-5-12(19)6-8-13/h2-8,10,14H,9,11H2,1H3,(H2,20,21,24). The maximum Gasteiger partial charge on any atom is 0.319 e. The van der Waals surface area contributed by atoms with Crippen LogP contribution in [0.15, 0.2) is 48.5 Å². The Kier molecular flexibility index (Phi) is 4.83. The van der Waals surface area contributed by atoms with Gasteiger partial charge in [-0.25, -0.2) is 9.18 Å². The molecule has 6 nitrogen and oxygen atoms in total. The van der Waals surface area contributed by atoms with E-state index in [1.165, 1.54) is 24.3 Å². The summed E-state index contributed by atoms with van der Waals surface area (Å²) < 4.78 is 18.0. The van der Waals surface area contributed by atoms with Gasteiger partial charge in [0.2, 0.25) is 5.91 Å². The topological polar surface area (TPSA) is 70.7 Å². The smallest absolute Gasteiger partial charge is 0.319 e. The van der Waals surface area contributed by atoms with Crippen LogP contribution in [0, 0.1) is 5.82 Å². The Morgan fingerprint density at radius 1 is 1.24 bits per heavy atom. The van der Waals surface area contributed by atoms with Gasteiger partial charge in [0.05, 0.1) is 13.2 Å². The normalized spacial score (nSPS) is 16.6. The number of hydrogen-bond donors (Lipinski definition) is 2. The van der Waals surface area contributed by atoms with Crippen LogP contribution >= 0.6 is 0 Å².